The molecule has 0 fully saturated rings. The molecule has 0 spiro atoms. The minimum atomic E-state index is 0.697. The summed E-state index contributed by atoms with van der Waals surface area (Å²) in [7, 11) is 0. The molecule has 1 aromatic carbocycles. The molecule has 1 aromatic rings. The molecule has 70 valence electrons. The number of nitrogens with one attached hydrogen (secondary N) is 1. The Morgan fingerprint density at radius 1 is 1.54 bits per heavy atom. The van der Waals surface area contributed by atoms with E-state index in [1.54, 1.807) is 0 Å². The SMILES string of the molecule is CCc1cc(N)c2c(c1)NCCO2. The van der Waals surface area contributed by atoms with Gasteiger partial charge in [-0.05, 0) is 24.1 Å². The molecule has 3 nitrogen and oxygen atoms in total. The Kier molecular flexibility index (Phi) is 2.00. The number of rotatable bonds is 1. The van der Waals surface area contributed by atoms with Crippen LogP contribution in [0, 0.1) is 0 Å². The lowest BCUT2D eigenvalue weighted by molar-refractivity contribution is 0.325. The number of hydrogen-bond donors (Lipinski definition) is 2. The third kappa shape index (κ3) is 1.41. The maximum absolute atomic E-state index is 5.85. The zero-order valence-corrected chi connectivity index (χ0v) is 7.76. The van der Waals surface area contributed by atoms with E-state index in [0.717, 1.165) is 30.1 Å². The summed E-state index contributed by atoms with van der Waals surface area (Å²) < 4.78 is 5.47. The predicted molar refractivity (Wildman–Crippen MR) is 54.2 cm³/mol. The van der Waals surface area contributed by atoms with Gasteiger partial charge in [0.05, 0.1) is 11.4 Å². The third-order valence-corrected chi connectivity index (χ3v) is 2.25. The standard InChI is InChI=1S/C10H14N2O/c1-2-7-5-8(11)10-9(6-7)12-3-4-13-10/h5-6,12H,2-4,11H2,1H3. The molecule has 1 aliphatic heterocycles. The smallest absolute Gasteiger partial charge is 0.165 e. The Bertz CT molecular complexity index is 323. The number of benzene rings is 1. The molecule has 1 aliphatic rings. The summed E-state index contributed by atoms with van der Waals surface area (Å²) >= 11 is 0. The van der Waals surface area contributed by atoms with Crippen molar-refractivity contribution < 1.29 is 4.74 Å². The number of nitrogens with two attached hydrogens (primary N) is 1. The van der Waals surface area contributed by atoms with Gasteiger partial charge >= 0.3 is 0 Å². The van der Waals surface area contributed by atoms with Gasteiger partial charge in [0.2, 0.25) is 0 Å². The molecule has 0 saturated heterocycles. The molecule has 3 heteroatoms. The van der Waals surface area contributed by atoms with Crippen LogP contribution < -0.4 is 15.8 Å². The van der Waals surface area contributed by atoms with E-state index in [-0.39, 0.29) is 0 Å². The van der Waals surface area contributed by atoms with Gasteiger partial charge in [-0.3, -0.25) is 0 Å². The lowest BCUT2D eigenvalue weighted by Crippen LogP contribution is -2.19. The fraction of sp³-hybridized carbons (Fsp3) is 0.400. The van der Waals surface area contributed by atoms with Crippen molar-refractivity contribution in [1.82, 2.24) is 0 Å². The van der Waals surface area contributed by atoms with E-state index in [1.807, 2.05) is 6.07 Å². The summed E-state index contributed by atoms with van der Waals surface area (Å²) in [6.07, 6.45) is 0.999. The van der Waals surface area contributed by atoms with Crippen LogP contribution in [-0.4, -0.2) is 13.2 Å². The van der Waals surface area contributed by atoms with Gasteiger partial charge < -0.3 is 15.8 Å². The van der Waals surface area contributed by atoms with Gasteiger partial charge in [-0.1, -0.05) is 6.92 Å². The first-order valence-corrected chi connectivity index (χ1v) is 4.60. The first kappa shape index (κ1) is 8.23. The molecule has 3 N–H and O–H groups in total. The fourth-order valence-corrected chi connectivity index (χ4v) is 1.55. The molecule has 0 atom stereocenters. The molecule has 0 aliphatic carbocycles. The van der Waals surface area contributed by atoms with Crippen molar-refractivity contribution in [3.8, 4) is 5.75 Å². The number of fused-ring (bicyclic) bond motifs is 1. The number of nitrogen functional groups attached to an aromatic ring is 1. The van der Waals surface area contributed by atoms with Crippen LogP contribution in [0.15, 0.2) is 12.1 Å². The molecular weight excluding hydrogens is 164 g/mol. The molecule has 0 radical (unpaired) electrons. The fourth-order valence-electron chi connectivity index (χ4n) is 1.55. The van der Waals surface area contributed by atoms with Crippen LogP contribution in [0.3, 0.4) is 0 Å². The van der Waals surface area contributed by atoms with E-state index < -0.39 is 0 Å². The second kappa shape index (κ2) is 3.17. The Labute approximate surface area is 77.9 Å². The maximum Gasteiger partial charge on any atom is 0.165 e. The van der Waals surface area contributed by atoms with Crippen LogP contribution in [0.1, 0.15) is 12.5 Å². The first-order valence-electron chi connectivity index (χ1n) is 4.60. The molecule has 0 aromatic heterocycles. The molecule has 1 heterocycles. The van der Waals surface area contributed by atoms with Crippen LogP contribution in [0.5, 0.6) is 5.75 Å². The second-order valence-corrected chi connectivity index (χ2v) is 3.19. The highest BCUT2D eigenvalue weighted by atomic mass is 16.5. The average Bonchev–Trinajstić information content (AvgIpc) is 2.18. The molecule has 2 rings (SSSR count). The minimum Gasteiger partial charge on any atom is -0.487 e. The van der Waals surface area contributed by atoms with Crippen molar-refractivity contribution >= 4 is 11.4 Å². The number of anilines is 2. The summed E-state index contributed by atoms with van der Waals surface area (Å²) in [5, 5.41) is 3.27. The highest BCUT2D eigenvalue weighted by Gasteiger charge is 2.13. The van der Waals surface area contributed by atoms with Crippen molar-refractivity contribution in [3.63, 3.8) is 0 Å². The lowest BCUT2D eigenvalue weighted by atomic mass is 10.1. The van der Waals surface area contributed by atoms with Crippen LogP contribution in [0.4, 0.5) is 11.4 Å². The van der Waals surface area contributed by atoms with Gasteiger partial charge in [0, 0.05) is 6.54 Å². The van der Waals surface area contributed by atoms with Gasteiger partial charge in [0.1, 0.15) is 6.61 Å². The number of ether oxygens (including phenoxy) is 1. The lowest BCUT2D eigenvalue weighted by Gasteiger charge is -2.21. The number of hydrogen-bond acceptors (Lipinski definition) is 3. The Morgan fingerprint density at radius 2 is 2.38 bits per heavy atom. The Hall–Kier alpha value is -1.38. The first-order chi connectivity index (χ1) is 6.31. The molecule has 0 bridgehead atoms. The van der Waals surface area contributed by atoms with Crippen LogP contribution in [0.2, 0.25) is 0 Å². The van der Waals surface area contributed by atoms with Crippen molar-refractivity contribution in [2.24, 2.45) is 0 Å². The van der Waals surface area contributed by atoms with E-state index >= 15 is 0 Å². The van der Waals surface area contributed by atoms with Crippen molar-refractivity contribution in [3.05, 3.63) is 17.7 Å². The molecule has 0 saturated carbocycles. The predicted octanol–water partition coefficient (Wildman–Crippen LogP) is 1.64. The molecular formula is C10H14N2O. The van der Waals surface area contributed by atoms with Crippen LogP contribution >= 0.6 is 0 Å². The largest absolute Gasteiger partial charge is 0.487 e. The highest BCUT2D eigenvalue weighted by Crippen LogP contribution is 2.34. The van der Waals surface area contributed by atoms with Gasteiger partial charge in [-0.2, -0.15) is 0 Å². The number of aryl methyl sites for hydroxylation is 1. The molecule has 13 heavy (non-hydrogen) atoms. The normalized spacial score (nSPS) is 14.2. The molecule has 0 amide bonds. The zero-order valence-electron chi connectivity index (χ0n) is 7.76. The quantitative estimate of drug-likeness (QED) is 0.642. The van der Waals surface area contributed by atoms with E-state index in [9.17, 15) is 0 Å². The summed E-state index contributed by atoms with van der Waals surface area (Å²) in [6.45, 7) is 3.67. The van der Waals surface area contributed by atoms with Crippen molar-refractivity contribution in [2.75, 3.05) is 24.2 Å². The van der Waals surface area contributed by atoms with Crippen molar-refractivity contribution in [1.29, 1.82) is 0 Å². The Balaban J connectivity index is 2.47. The van der Waals surface area contributed by atoms with Gasteiger partial charge in [0.25, 0.3) is 0 Å². The topological polar surface area (TPSA) is 47.3 Å². The Morgan fingerprint density at radius 3 is 3.15 bits per heavy atom. The summed E-state index contributed by atoms with van der Waals surface area (Å²) in [4.78, 5) is 0. The summed E-state index contributed by atoms with van der Waals surface area (Å²) in [5.74, 6) is 0.809. The van der Waals surface area contributed by atoms with Gasteiger partial charge in [-0.25, -0.2) is 0 Å². The van der Waals surface area contributed by atoms with E-state index in [0.29, 0.717) is 6.61 Å². The molecule has 0 unspecified atom stereocenters. The van der Waals surface area contributed by atoms with Gasteiger partial charge in [-0.15, -0.1) is 0 Å². The van der Waals surface area contributed by atoms with Crippen LogP contribution in [0.25, 0.3) is 0 Å². The van der Waals surface area contributed by atoms with Gasteiger partial charge in [0.15, 0.2) is 5.75 Å². The average molecular weight is 178 g/mol. The van der Waals surface area contributed by atoms with Crippen LogP contribution in [-0.2, 0) is 6.42 Å². The summed E-state index contributed by atoms with van der Waals surface area (Å²) in [6, 6.07) is 4.08. The monoisotopic (exact) mass is 178 g/mol. The minimum absolute atomic E-state index is 0.697. The van der Waals surface area contributed by atoms with E-state index in [4.69, 9.17) is 10.5 Å². The van der Waals surface area contributed by atoms with E-state index in [1.165, 1.54) is 5.56 Å². The van der Waals surface area contributed by atoms with Crippen molar-refractivity contribution in [2.45, 2.75) is 13.3 Å². The third-order valence-electron chi connectivity index (χ3n) is 2.25. The highest BCUT2D eigenvalue weighted by molar-refractivity contribution is 5.71. The second-order valence-electron chi connectivity index (χ2n) is 3.19. The zero-order chi connectivity index (χ0) is 9.26. The summed E-state index contributed by atoms with van der Waals surface area (Å²) in [5.41, 5.74) is 8.87. The maximum atomic E-state index is 5.85. The van der Waals surface area contributed by atoms with E-state index in [2.05, 4.69) is 18.3 Å².